The molecule has 0 saturated carbocycles. The van der Waals surface area contributed by atoms with Gasteiger partial charge in [0.25, 0.3) is 0 Å². The Balaban J connectivity index is 2.36. The molecular formula is C9H15NO. The maximum atomic E-state index is 8.69. The van der Waals surface area contributed by atoms with Crippen LogP contribution in [-0.4, -0.2) is 17.8 Å². The highest BCUT2D eigenvalue weighted by Crippen LogP contribution is 2.13. The lowest BCUT2D eigenvalue weighted by Crippen LogP contribution is -2.24. The number of nitrogens with two attached hydrogens (primary N) is 1. The molecule has 1 aliphatic rings. The normalized spacial score (nSPS) is 19.6. The number of aliphatic hydroxyl groups excluding tert-OH is 1. The summed E-state index contributed by atoms with van der Waals surface area (Å²) in [5.74, 6) is 0. The van der Waals surface area contributed by atoms with E-state index in [1.54, 1.807) is 0 Å². The molecular weight excluding hydrogens is 138 g/mol. The zero-order chi connectivity index (χ0) is 8.10. The Labute approximate surface area is 67.4 Å². The van der Waals surface area contributed by atoms with Gasteiger partial charge in [0.05, 0.1) is 6.61 Å². The molecule has 3 N–H and O–H groups in total. The fraction of sp³-hybridized carbons (Fsp3) is 0.556. The summed E-state index contributed by atoms with van der Waals surface area (Å²) in [5.41, 5.74) is 6.84. The van der Waals surface area contributed by atoms with E-state index in [0.29, 0.717) is 0 Å². The molecule has 2 heteroatoms. The highest BCUT2D eigenvalue weighted by molar-refractivity contribution is 5.22. The first-order valence-electron chi connectivity index (χ1n) is 4.05. The third-order valence-electron chi connectivity index (χ3n) is 1.80. The maximum Gasteiger partial charge on any atom is 0.0585 e. The molecule has 0 aromatic carbocycles. The van der Waals surface area contributed by atoms with Crippen molar-refractivity contribution in [3.05, 3.63) is 23.8 Å². The standard InChI is InChI=1S/C9H15NO/c10-9(7-11)6-8-4-2-1-3-5-8/h2,4-5,9,11H,1,3,6-7,10H2/t9-/m1/s1. The molecule has 0 aromatic heterocycles. The molecule has 0 aliphatic heterocycles. The van der Waals surface area contributed by atoms with Crippen LogP contribution in [0.25, 0.3) is 0 Å². The van der Waals surface area contributed by atoms with Gasteiger partial charge >= 0.3 is 0 Å². The first-order chi connectivity index (χ1) is 5.33. The van der Waals surface area contributed by atoms with Crippen molar-refractivity contribution in [1.29, 1.82) is 0 Å². The summed E-state index contributed by atoms with van der Waals surface area (Å²) in [6.07, 6.45) is 9.49. The van der Waals surface area contributed by atoms with E-state index in [4.69, 9.17) is 10.8 Å². The lowest BCUT2D eigenvalue weighted by atomic mass is 10.0. The summed E-state index contributed by atoms with van der Waals surface area (Å²) >= 11 is 0. The van der Waals surface area contributed by atoms with Gasteiger partial charge in [0.1, 0.15) is 0 Å². The van der Waals surface area contributed by atoms with Crippen molar-refractivity contribution in [3.8, 4) is 0 Å². The van der Waals surface area contributed by atoms with E-state index in [9.17, 15) is 0 Å². The third-order valence-corrected chi connectivity index (χ3v) is 1.80. The highest BCUT2D eigenvalue weighted by atomic mass is 16.3. The van der Waals surface area contributed by atoms with Crippen LogP contribution in [-0.2, 0) is 0 Å². The largest absolute Gasteiger partial charge is 0.395 e. The third kappa shape index (κ3) is 2.87. The average Bonchev–Trinajstić information content (AvgIpc) is 2.06. The summed E-state index contributed by atoms with van der Waals surface area (Å²) in [7, 11) is 0. The monoisotopic (exact) mass is 153 g/mol. The van der Waals surface area contributed by atoms with Crippen LogP contribution in [0.4, 0.5) is 0 Å². The Bertz CT molecular complexity index is 172. The Hall–Kier alpha value is -0.600. The molecule has 0 heterocycles. The molecule has 0 amide bonds. The van der Waals surface area contributed by atoms with Crippen LogP contribution < -0.4 is 5.73 Å². The van der Waals surface area contributed by atoms with E-state index in [-0.39, 0.29) is 12.6 Å². The van der Waals surface area contributed by atoms with Crippen LogP contribution in [0.15, 0.2) is 23.8 Å². The van der Waals surface area contributed by atoms with Gasteiger partial charge in [-0.25, -0.2) is 0 Å². The van der Waals surface area contributed by atoms with Crippen LogP contribution in [0.5, 0.6) is 0 Å². The number of hydrogen-bond acceptors (Lipinski definition) is 2. The molecule has 0 saturated heterocycles. The molecule has 0 fully saturated rings. The molecule has 0 unspecified atom stereocenters. The molecule has 11 heavy (non-hydrogen) atoms. The fourth-order valence-electron chi connectivity index (χ4n) is 1.19. The number of hydrogen-bond donors (Lipinski definition) is 2. The summed E-state index contributed by atoms with van der Waals surface area (Å²) in [5, 5.41) is 8.69. The topological polar surface area (TPSA) is 46.2 Å². The molecule has 1 atom stereocenters. The zero-order valence-corrected chi connectivity index (χ0v) is 6.66. The van der Waals surface area contributed by atoms with E-state index < -0.39 is 0 Å². The first-order valence-corrected chi connectivity index (χ1v) is 4.05. The molecule has 0 radical (unpaired) electrons. The molecule has 62 valence electrons. The maximum absolute atomic E-state index is 8.69. The molecule has 1 rings (SSSR count). The number of aliphatic hydroxyl groups is 1. The van der Waals surface area contributed by atoms with Crippen molar-refractivity contribution < 1.29 is 5.11 Å². The predicted molar refractivity (Wildman–Crippen MR) is 46.1 cm³/mol. The molecule has 0 spiro atoms. The van der Waals surface area contributed by atoms with Gasteiger partial charge in [0, 0.05) is 6.04 Å². The van der Waals surface area contributed by atoms with Crippen molar-refractivity contribution in [1.82, 2.24) is 0 Å². The molecule has 0 bridgehead atoms. The second-order valence-corrected chi connectivity index (χ2v) is 2.91. The molecule has 2 nitrogen and oxygen atoms in total. The quantitative estimate of drug-likeness (QED) is 0.634. The molecule has 1 aliphatic carbocycles. The van der Waals surface area contributed by atoms with Crippen LogP contribution in [0.3, 0.4) is 0 Å². The van der Waals surface area contributed by atoms with Gasteiger partial charge in [-0.15, -0.1) is 0 Å². The average molecular weight is 153 g/mol. The van der Waals surface area contributed by atoms with Gasteiger partial charge in [0.15, 0.2) is 0 Å². The van der Waals surface area contributed by atoms with Crippen molar-refractivity contribution in [2.75, 3.05) is 6.61 Å². The van der Waals surface area contributed by atoms with E-state index in [1.807, 2.05) is 0 Å². The van der Waals surface area contributed by atoms with E-state index >= 15 is 0 Å². The van der Waals surface area contributed by atoms with Crippen molar-refractivity contribution in [2.45, 2.75) is 25.3 Å². The molecule has 0 aromatic rings. The van der Waals surface area contributed by atoms with Crippen molar-refractivity contribution in [3.63, 3.8) is 0 Å². The van der Waals surface area contributed by atoms with Gasteiger partial charge in [-0.05, 0) is 19.3 Å². The van der Waals surface area contributed by atoms with Gasteiger partial charge in [-0.3, -0.25) is 0 Å². The fourth-order valence-corrected chi connectivity index (χ4v) is 1.19. The zero-order valence-electron chi connectivity index (χ0n) is 6.66. The highest BCUT2D eigenvalue weighted by Gasteiger charge is 2.03. The summed E-state index contributed by atoms with van der Waals surface area (Å²) in [6.45, 7) is 0.0746. The van der Waals surface area contributed by atoms with Gasteiger partial charge in [-0.2, -0.15) is 0 Å². The minimum Gasteiger partial charge on any atom is -0.395 e. The van der Waals surface area contributed by atoms with Gasteiger partial charge in [-0.1, -0.05) is 23.8 Å². The number of allylic oxidation sites excluding steroid dienone is 3. The number of rotatable bonds is 3. The minimum absolute atomic E-state index is 0.0746. The summed E-state index contributed by atoms with van der Waals surface area (Å²) in [4.78, 5) is 0. The van der Waals surface area contributed by atoms with Crippen molar-refractivity contribution in [2.24, 2.45) is 5.73 Å². The van der Waals surface area contributed by atoms with Gasteiger partial charge in [0.2, 0.25) is 0 Å². The second kappa shape index (κ2) is 4.31. The summed E-state index contributed by atoms with van der Waals surface area (Å²) < 4.78 is 0. The van der Waals surface area contributed by atoms with Crippen molar-refractivity contribution >= 4 is 0 Å². The van der Waals surface area contributed by atoms with Gasteiger partial charge < -0.3 is 10.8 Å². The Morgan fingerprint density at radius 2 is 2.36 bits per heavy atom. The lowest BCUT2D eigenvalue weighted by Gasteiger charge is -2.10. The predicted octanol–water partition coefficient (Wildman–Crippen LogP) is 0.972. The Kier molecular flexibility index (Phi) is 3.33. The second-order valence-electron chi connectivity index (χ2n) is 2.91. The SMILES string of the molecule is N[C@@H](CO)CC1=CCCC=C1. The summed E-state index contributed by atoms with van der Waals surface area (Å²) in [6, 6.07) is -0.0935. The van der Waals surface area contributed by atoms with E-state index in [0.717, 1.165) is 19.3 Å². The van der Waals surface area contributed by atoms with E-state index in [1.165, 1.54) is 5.57 Å². The first kappa shape index (κ1) is 8.50. The Morgan fingerprint density at radius 3 is 2.91 bits per heavy atom. The van der Waals surface area contributed by atoms with Crippen LogP contribution in [0.1, 0.15) is 19.3 Å². The Morgan fingerprint density at radius 1 is 1.55 bits per heavy atom. The minimum atomic E-state index is -0.0935. The van der Waals surface area contributed by atoms with E-state index in [2.05, 4.69) is 18.2 Å². The van der Waals surface area contributed by atoms with Crippen LogP contribution >= 0.6 is 0 Å². The smallest absolute Gasteiger partial charge is 0.0585 e. The van der Waals surface area contributed by atoms with Crippen LogP contribution in [0.2, 0.25) is 0 Å². The van der Waals surface area contributed by atoms with Crippen LogP contribution in [0, 0.1) is 0 Å². The lowest BCUT2D eigenvalue weighted by molar-refractivity contribution is 0.265.